The zero-order chi connectivity index (χ0) is 12.8. The van der Waals surface area contributed by atoms with Crippen molar-refractivity contribution in [1.82, 2.24) is 4.98 Å². The summed E-state index contributed by atoms with van der Waals surface area (Å²) in [5.74, 6) is -1.07. The summed E-state index contributed by atoms with van der Waals surface area (Å²) in [6.45, 7) is 2.68. The second kappa shape index (κ2) is 6.53. The van der Waals surface area contributed by atoms with Gasteiger partial charge in [0, 0.05) is 25.1 Å². The third kappa shape index (κ3) is 4.29. The molecule has 2 atom stereocenters. The molecule has 0 radical (unpaired) electrons. The quantitative estimate of drug-likeness (QED) is 0.677. The van der Waals surface area contributed by atoms with Crippen LogP contribution in [0.15, 0.2) is 5.38 Å². The van der Waals surface area contributed by atoms with Crippen LogP contribution in [0.4, 0.5) is 5.13 Å². The highest BCUT2D eigenvalue weighted by Crippen LogP contribution is 2.20. The average molecular weight is 259 g/mol. The Labute approximate surface area is 104 Å². The van der Waals surface area contributed by atoms with Gasteiger partial charge in [-0.1, -0.05) is 0 Å². The number of nitrogens with one attached hydrogen (secondary N) is 1. The van der Waals surface area contributed by atoms with Gasteiger partial charge in [-0.2, -0.15) is 0 Å². The fourth-order valence-corrected chi connectivity index (χ4v) is 2.06. The molecular formula is C10H17N3O3S. The van der Waals surface area contributed by atoms with Crippen molar-refractivity contribution < 1.29 is 14.6 Å². The minimum Gasteiger partial charge on any atom is -0.480 e. The van der Waals surface area contributed by atoms with Crippen molar-refractivity contribution in [3.05, 3.63) is 11.1 Å². The summed E-state index contributed by atoms with van der Waals surface area (Å²) in [6.07, 6.45) is 0.858. The standard InChI is InChI=1S/C10H17N3O3S/c1-6(3-4-16-2)12-10-13-7(5-17-10)8(11)9(14)15/h5-6,8H,3-4,11H2,1-2H3,(H,12,13)(H,14,15). The van der Waals surface area contributed by atoms with E-state index in [0.717, 1.165) is 6.42 Å². The van der Waals surface area contributed by atoms with Crippen molar-refractivity contribution in [2.75, 3.05) is 19.0 Å². The monoisotopic (exact) mass is 259 g/mol. The molecule has 1 aromatic heterocycles. The number of aromatic nitrogens is 1. The third-order valence-electron chi connectivity index (χ3n) is 2.23. The van der Waals surface area contributed by atoms with Crippen LogP contribution in [-0.2, 0) is 9.53 Å². The molecule has 0 aliphatic rings. The van der Waals surface area contributed by atoms with Crippen LogP contribution in [0, 0.1) is 0 Å². The van der Waals surface area contributed by atoms with Gasteiger partial charge in [0.25, 0.3) is 0 Å². The summed E-state index contributed by atoms with van der Waals surface area (Å²) in [6, 6.07) is -0.842. The lowest BCUT2D eigenvalue weighted by Gasteiger charge is -2.11. The summed E-state index contributed by atoms with van der Waals surface area (Å²) >= 11 is 1.35. The van der Waals surface area contributed by atoms with Gasteiger partial charge in [0.05, 0.1) is 5.69 Å². The number of carbonyl (C=O) groups is 1. The van der Waals surface area contributed by atoms with Gasteiger partial charge in [-0.05, 0) is 13.3 Å². The number of rotatable bonds is 7. The predicted octanol–water partition coefficient (Wildman–Crippen LogP) is 1.06. The van der Waals surface area contributed by atoms with Gasteiger partial charge >= 0.3 is 5.97 Å². The maximum Gasteiger partial charge on any atom is 0.326 e. The second-order valence-corrected chi connectivity index (χ2v) is 4.58. The molecular weight excluding hydrogens is 242 g/mol. The first kappa shape index (κ1) is 13.9. The van der Waals surface area contributed by atoms with E-state index < -0.39 is 12.0 Å². The largest absolute Gasteiger partial charge is 0.480 e. The molecule has 0 spiro atoms. The predicted molar refractivity (Wildman–Crippen MR) is 66.3 cm³/mol. The first-order valence-electron chi connectivity index (χ1n) is 5.24. The fourth-order valence-electron chi connectivity index (χ4n) is 1.20. The highest BCUT2D eigenvalue weighted by molar-refractivity contribution is 7.13. The highest BCUT2D eigenvalue weighted by atomic mass is 32.1. The normalized spacial score (nSPS) is 14.3. The molecule has 0 aliphatic carbocycles. The van der Waals surface area contributed by atoms with E-state index in [9.17, 15) is 4.79 Å². The molecule has 0 amide bonds. The molecule has 0 saturated heterocycles. The average Bonchev–Trinajstić information content (AvgIpc) is 2.73. The minimum atomic E-state index is -1.07. The first-order valence-corrected chi connectivity index (χ1v) is 6.11. The molecule has 2 unspecified atom stereocenters. The number of nitrogens with zero attached hydrogens (tertiary/aromatic N) is 1. The number of hydrogen-bond acceptors (Lipinski definition) is 6. The summed E-state index contributed by atoms with van der Waals surface area (Å²) in [5, 5.41) is 14.3. The zero-order valence-electron chi connectivity index (χ0n) is 9.84. The van der Waals surface area contributed by atoms with Crippen molar-refractivity contribution >= 4 is 22.4 Å². The first-order chi connectivity index (χ1) is 8.04. The number of carboxylic acids is 1. The number of carboxylic acid groups (broad SMARTS) is 1. The fraction of sp³-hybridized carbons (Fsp3) is 0.600. The molecule has 17 heavy (non-hydrogen) atoms. The molecule has 6 nitrogen and oxygen atoms in total. The number of aliphatic carboxylic acids is 1. The van der Waals surface area contributed by atoms with Gasteiger partial charge in [-0.3, -0.25) is 4.79 Å². The van der Waals surface area contributed by atoms with Crippen LogP contribution in [-0.4, -0.2) is 35.8 Å². The van der Waals surface area contributed by atoms with Crippen molar-refractivity contribution in [3.63, 3.8) is 0 Å². The van der Waals surface area contributed by atoms with E-state index in [2.05, 4.69) is 10.3 Å². The molecule has 0 bridgehead atoms. The van der Waals surface area contributed by atoms with E-state index in [1.807, 2.05) is 6.92 Å². The van der Waals surface area contributed by atoms with Crippen LogP contribution in [0.1, 0.15) is 25.1 Å². The number of thiazole rings is 1. The summed E-state index contributed by atoms with van der Waals surface area (Å²) in [7, 11) is 1.65. The summed E-state index contributed by atoms with van der Waals surface area (Å²) < 4.78 is 4.97. The van der Waals surface area contributed by atoms with Crippen LogP contribution in [0.25, 0.3) is 0 Å². The Balaban J connectivity index is 2.53. The summed E-state index contributed by atoms with van der Waals surface area (Å²) in [5.41, 5.74) is 5.84. The van der Waals surface area contributed by atoms with Gasteiger partial charge in [-0.15, -0.1) is 11.3 Å². The molecule has 7 heteroatoms. The molecule has 0 aromatic carbocycles. The Morgan fingerprint density at radius 3 is 3.06 bits per heavy atom. The topological polar surface area (TPSA) is 97.5 Å². The van der Waals surface area contributed by atoms with Gasteiger partial charge in [0.2, 0.25) is 0 Å². The maximum absolute atomic E-state index is 10.7. The lowest BCUT2D eigenvalue weighted by Crippen LogP contribution is -2.21. The maximum atomic E-state index is 10.7. The van der Waals surface area contributed by atoms with E-state index in [0.29, 0.717) is 17.4 Å². The molecule has 0 aliphatic heterocycles. The Morgan fingerprint density at radius 1 is 1.76 bits per heavy atom. The van der Waals surface area contributed by atoms with Crippen molar-refractivity contribution in [3.8, 4) is 0 Å². The Kier molecular flexibility index (Phi) is 5.33. The van der Waals surface area contributed by atoms with Gasteiger partial charge in [-0.25, -0.2) is 4.98 Å². The SMILES string of the molecule is COCCC(C)Nc1nc(C(N)C(=O)O)cs1. The highest BCUT2D eigenvalue weighted by Gasteiger charge is 2.17. The number of ether oxygens (including phenoxy) is 1. The molecule has 96 valence electrons. The van der Waals surface area contributed by atoms with Crippen LogP contribution in [0.3, 0.4) is 0 Å². The van der Waals surface area contributed by atoms with Gasteiger partial charge in [0.15, 0.2) is 5.13 Å². The van der Waals surface area contributed by atoms with E-state index in [4.69, 9.17) is 15.6 Å². The van der Waals surface area contributed by atoms with Gasteiger partial charge in [0.1, 0.15) is 6.04 Å². The summed E-state index contributed by atoms with van der Waals surface area (Å²) in [4.78, 5) is 14.8. The lowest BCUT2D eigenvalue weighted by molar-refractivity contribution is -0.138. The minimum absolute atomic E-state index is 0.218. The number of anilines is 1. The molecule has 4 N–H and O–H groups in total. The number of hydrogen-bond donors (Lipinski definition) is 3. The second-order valence-electron chi connectivity index (χ2n) is 3.72. The molecule has 0 saturated carbocycles. The van der Waals surface area contributed by atoms with Crippen molar-refractivity contribution in [2.45, 2.75) is 25.4 Å². The Hall–Kier alpha value is -1.18. The molecule has 1 heterocycles. The molecule has 1 rings (SSSR count). The lowest BCUT2D eigenvalue weighted by atomic mass is 10.2. The van der Waals surface area contributed by atoms with Crippen molar-refractivity contribution in [1.29, 1.82) is 0 Å². The number of nitrogens with two attached hydrogens (primary N) is 1. The van der Waals surface area contributed by atoms with Crippen molar-refractivity contribution in [2.24, 2.45) is 5.73 Å². The van der Waals surface area contributed by atoms with Crippen LogP contribution in [0.5, 0.6) is 0 Å². The smallest absolute Gasteiger partial charge is 0.326 e. The third-order valence-corrected chi connectivity index (χ3v) is 3.02. The van der Waals surface area contributed by atoms with Crippen LogP contribution >= 0.6 is 11.3 Å². The Bertz CT molecular complexity index is 369. The Morgan fingerprint density at radius 2 is 2.47 bits per heavy atom. The molecule has 0 fully saturated rings. The van der Waals surface area contributed by atoms with E-state index >= 15 is 0 Å². The molecule has 1 aromatic rings. The van der Waals surface area contributed by atoms with Gasteiger partial charge < -0.3 is 20.9 Å². The van der Waals surface area contributed by atoms with Crippen LogP contribution < -0.4 is 11.1 Å². The van der Waals surface area contributed by atoms with Crippen LogP contribution in [0.2, 0.25) is 0 Å². The number of methoxy groups -OCH3 is 1. The van der Waals surface area contributed by atoms with E-state index in [1.165, 1.54) is 11.3 Å². The van der Waals surface area contributed by atoms with E-state index in [1.54, 1.807) is 12.5 Å². The zero-order valence-corrected chi connectivity index (χ0v) is 10.7. The van der Waals surface area contributed by atoms with E-state index in [-0.39, 0.29) is 6.04 Å².